The van der Waals surface area contributed by atoms with Crippen LogP contribution in [-0.2, 0) is 4.79 Å². The number of halogens is 1. The highest BCUT2D eigenvalue weighted by atomic mass is 19.1. The molecule has 138 valence electrons. The number of amides is 1. The number of para-hydroxylation sites is 2. The van der Waals surface area contributed by atoms with Gasteiger partial charge in [-0.1, -0.05) is 12.1 Å². The first-order valence-corrected chi connectivity index (χ1v) is 8.85. The van der Waals surface area contributed by atoms with Crippen molar-refractivity contribution in [2.45, 2.75) is 19.8 Å². The molecule has 0 atom stereocenters. The summed E-state index contributed by atoms with van der Waals surface area (Å²) in [5.41, 5.74) is 1.22. The van der Waals surface area contributed by atoms with Gasteiger partial charge >= 0.3 is 0 Å². The minimum atomic E-state index is -0.368. The number of nitrogens with one attached hydrogen (secondary N) is 1. The molecule has 0 spiro atoms. The van der Waals surface area contributed by atoms with Crippen LogP contribution in [0.3, 0.4) is 0 Å². The van der Waals surface area contributed by atoms with Crippen molar-refractivity contribution < 1.29 is 18.7 Å². The second-order valence-electron chi connectivity index (χ2n) is 6.11. The van der Waals surface area contributed by atoms with Gasteiger partial charge in [0.1, 0.15) is 5.82 Å². The van der Waals surface area contributed by atoms with Crippen molar-refractivity contribution in [1.29, 1.82) is 0 Å². The first-order chi connectivity index (χ1) is 12.7. The van der Waals surface area contributed by atoms with Gasteiger partial charge in [-0.3, -0.25) is 4.79 Å². The van der Waals surface area contributed by atoms with E-state index < -0.39 is 0 Å². The zero-order valence-electron chi connectivity index (χ0n) is 14.8. The van der Waals surface area contributed by atoms with Gasteiger partial charge in [0.25, 0.3) is 5.91 Å². The molecule has 5 nitrogen and oxygen atoms in total. The Morgan fingerprint density at radius 3 is 2.50 bits per heavy atom. The Morgan fingerprint density at radius 2 is 1.81 bits per heavy atom. The molecule has 0 unspecified atom stereocenters. The fraction of sp³-hybridized carbons (Fsp3) is 0.350. The Labute approximate surface area is 152 Å². The predicted molar refractivity (Wildman–Crippen MR) is 99.6 cm³/mol. The Bertz CT molecular complexity index is 760. The van der Waals surface area contributed by atoms with Gasteiger partial charge in [-0.05, 0) is 50.1 Å². The number of carbonyl (C=O) groups is 1. The van der Waals surface area contributed by atoms with Crippen molar-refractivity contribution in [3.8, 4) is 11.5 Å². The van der Waals surface area contributed by atoms with Gasteiger partial charge in [0, 0.05) is 24.5 Å². The Kier molecular flexibility index (Phi) is 5.94. The van der Waals surface area contributed by atoms with Crippen molar-refractivity contribution >= 4 is 17.3 Å². The van der Waals surface area contributed by atoms with E-state index in [0.717, 1.165) is 31.6 Å². The molecule has 1 N–H and O–H groups in total. The number of anilines is 2. The number of carbonyl (C=O) groups excluding carboxylic acids is 1. The van der Waals surface area contributed by atoms with Gasteiger partial charge in [0.15, 0.2) is 18.1 Å². The molecule has 1 amide bonds. The van der Waals surface area contributed by atoms with E-state index in [0.29, 0.717) is 23.8 Å². The van der Waals surface area contributed by atoms with E-state index in [2.05, 4.69) is 10.2 Å². The van der Waals surface area contributed by atoms with Crippen LogP contribution in [0.4, 0.5) is 15.8 Å². The van der Waals surface area contributed by atoms with E-state index >= 15 is 0 Å². The van der Waals surface area contributed by atoms with Crippen LogP contribution in [0.5, 0.6) is 11.5 Å². The summed E-state index contributed by atoms with van der Waals surface area (Å²) in [4.78, 5) is 14.3. The molecule has 1 aliphatic heterocycles. The van der Waals surface area contributed by atoms with Gasteiger partial charge in [-0.15, -0.1) is 0 Å². The Morgan fingerprint density at radius 1 is 1.12 bits per heavy atom. The van der Waals surface area contributed by atoms with E-state index in [4.69, 9.17) is 9.47 Å². The van der Waals surface area contributed by atoms with Gasteiger partial charge in [0.05, 0.1) is 6.61 Å². The molecule has 2 aromatic rings. The Hall–Kier alpha value is -2.76. The topological polar surface area (TPSA) is 50.8 Å². The maximum Gasteiger partial charge on any atom is 0.262 e. The van der Waals surface area contributed by atoms with Crippen LogP contribution >= 0.6 is 0 Å². The van der Waals surface area contributed by atoms with Gasteiger partial charge in [-0.25, -0.2) is 4.39 Å². The molecule has 1 aliphatic rings. The highest BCUT2D eigenvalue weighted by Gasteiger charge is 2.15. The monoisotopic (exact) mass is 358 g/mol. The lowest BCUT2D eigenvalue weighted by atomic mass is 10.2. The second-order valence-corrected chi connectivity index (χ2v) is 6.11. The van der Waals surface area contributed by atoms with Gasteiger partial charge in [-0.2, -0.15) is 0 Å². The summed E-state index contributed by atoms with van der Waals surface area (Å²) in [6.07, 6.45) is 2.20. The number of benzene rings is 2. The molecule has 6 heteroatoms. The number of rotatable bonds is 7. The first kappa shape index (κ1) is 18.0. The number of hydrogen-bond acceptors (Lipinski definition) is 4. The fourth-order valence-corrected chi connectivity index (χ4v) is 2.99. The molecular weight excluding hydrogens is 335 g/mol. The third-order valence-corrected chi connectivity index (χ3v) is 4.15. The van der Waals surface area contributed by atoms with E-state index in [9.17, 15) is 9.18 Å². The van der Waals surface area contributed by atoms with Gasteiger partial charge < -0.3 is 19.7 Å². The third-order valence-electron chi connectivity index (χ3n) is 4.15. The predicted octanol–water partition coefficient (Wildman–Crippen LogP) is 3.84. The molecule has 0 radical (unpaired) electrons. The van der Waals surface area contributed by atoms with E-state index in [1.165, 1.54) is 12.1 Å². The van der Waals surface area contributed by atoms with Crippen molar-refractivity contribution in [2.75, 3.05) is 36.5 Å². The molecule has 1 fully saturated rings. The molecule has 0 bridgehead atoms. The summed E-state index contributed by atoms with van der Waals surface area (Å²) in [6.45, 7) is 4.03. The highest BCUT2D eigenvalue weighted by Crippen LogP contribution is 2.27. The molecule has 1 heterocycles. The summed E-state index contributed by atoms with van der Waals surface area (Å²) in [5, 5.41) is 2.70. The third kappa shape index (κ3) is 4.65. The standard InChI is InChI=1S/C20H23FN2O3/c1-2-25-18-7-3-4-8-19(18)26-14-20(24)22-16-11-15(21)12-17(13-16)23-9-5-6-10-23/h3-4,7-8,11-13H,2,5-6,9-10,14H2,1H3,(H,22,24). The number of nitrogens with zero attached hydrogens (tertiary/aromatic N) is 1. The van der Waals surface area contributed by atoms with E-state index in [1.807, 2.05) is 19.1 Å². The second kappa shape index (κ2) is 8.56. The number of ether oxygens (including phenoxy) is 2. The zero-order valence-corrected chi connectivity index (χ0v) is 14.8. The van der Waals surface area contributed by atoms with Crippen molar-refractivity contribution in [2.24, 2.45) is 0 Å². The molecular formula is C20H23FN2O3. The lowest BCUT2D eigenvalue weighted by Gasteiger charge is -2.19. The molecule has 3 rings (SSSR count). The van der Waals surface area contributed by atoms with Crippen LogP contribution in [0, 0.1) is 5.82 Å². The van der Waals surface area contributed by atoms with Gasteiger partial charge in [0.2, 0.25) is 0 Å². The van der Waals surface area contributed by atoms with Crippen LogP contribution in [0.2, 0.25) is 0 Å². The molecule has 26 heavy (non-hydrogen) atoms. The minimum Gasteiger partial charge on any atom is -0.490 e. The van der Waals surface area contributed by atoms with Crippen molar-refractivity contribution in [3.05, 3.63) is 48.3 Å². The van der Waals surface area contributed by atoms with Crippen LogP contribution < -0.4 is 19.7 Å². The van der Waals surface area contributed by atoms with Crippen LogP contribution in [0.25, 0.3) is 0 Å². The summed E-state index contributed by atoms with van der Waals surface area (Å²) >= 11 is 0. The maximum atomic E-state index is 13.9. The molecule has 1 saturated heterocycles. The minimum absolute atomic E-state index is 0.181. The average Bonchev–Trinajstić information content (AvgIpc) is 3.15. The van der Waals surface area contributed by atoms with Crippen molar-refractivity contribution in [1.82, 2.24) is 0 Å². The highest BCUT2D eigenvalue weighted by molar-refractivity contribution is 5.92. The molecule has 0 aliphatic carbocycles. The van der Waals surface area contributed by atoms with Crippen molar-refractivity contribution in [3.63, 3.8) is 0 Å². The van der Waals surface area contributed by atoms with E-state index in [-0.39, 0.29) is 18.3 Å². The van der Waals surface area contributed by atoms with Crippen LogP contribution in [0.15, 0.2) is 42.5 Å². The smallest absolute Gasteiger partial charge is 0.262 e. The lowest BCUT2D eigenvalue weighted by Crippen LogP contribution is -2.21. The van der Waals surface area contributed by atoms with Crippen LogP contribution in [-0.4, -0.2) is 32.2 Å². The first-order valence-electron chi connectivity index (χ1n) is 8.85. The van der Waals surface area contributed by atoms with E-state index in [1.54, 1.807) is 18.2 Å². The maximum absolute atomic E-state index is 13.9. The normalized spacial score (nSPS) is 13.5. The zero-order chi connectivity index (χ0) is 18.4. The number of hydrogen-bond donors (Lipinski definition) is 1. The molecule has 0 saturated carbocycles. The molecule has 0 aromatic heterocycles. The summed E-state index contributed by atoms with van der Waals surface area (Å²) < 4.78 is 24.9. The summed E-state index contributed by atoms with van der Waals surface area (Å²) in [5.74, 6) is 0.368. The SMILES string of the molecule is CCOc1ccccc1OCC(=O)Nc1cc(F)cc(N2CCCC2)c1. The lowest BCUT2D eigenvalue weighted by molar-refractivity contribution is -0.118. The quantitative estimate of drug-likeness (QED) is 0.817. The molecule has 2 aromatic carbocycles. The fourth-order valence-electron chi connectivity index (χ4n) is 2.99. The summed E-state index contributed by atoms with van der Waals surface area (Å²) in [6, 6.07) is 11.8. The average molecular weight is 358 g/mol. The Balaban J connectivity index is 1.61. The van der Waals surface area contributed by atoms with Crippen LogP contribution in [0.1, 0.15) is 19.8 Å². The largest absolute Gasteiger partial charge is 0.490 e. The summed E-state index contributed by atoms with van der Waals surface area (Å²) in [7, 11) is 0.